The Kier molecular flexibility index (Phi) is 6.02. The topological polar surface area (TPSA) is 120 Å². The van der Waals surface area contributed by atoms with Gasteiger partial charge in [0.25, 0.3) is 5.88 Å². The molecule has 1 aromatic carbocycles. The molecule has 0 unspecified atom stereocenters. The van der Waals surface area contributed by atoms with Crippen LogP contribution in [0.1, 0.15) is 11.1 Å². The summed E-state index contributed by atoms with van der Waals surface area (Å²) in [6, 6.07) is 12.6. The monoisotopic (exact) mass is 420 g/mol. The van der Waals surface area contributed by atoms with Gasteiger partial charge in [-0.05, 0) is 16.9 Å². The Morgan fingerprint density at radius 3 is 2.71 bits per heavy atom. The smallest absolute Gasteiger partial charge is 0.349 e. The Hall–Kier alpha value is -4.41. The van der Waals surface area contributed by atoms with Crippen LogP contribution in [-0.2, 0) is 17.9 Å². The van der Waals surface area contributed by atoms with Crippen LogP contribution in [0.5, 0.6) is 5.88 Å². The van der Waals surface area contributed by atoms with Gasteiger partial charge in [0, 0.05) is 17.8 Å². The summed E-state index contributed by atoms with van der Waals surface area (Å²) >= 11 is 0. The van der Waals surface area contributed by atoms with Gasteiger partial charge in [-0.3, -0.25) is 10.00 Å². The van der Waals surface area contributed by atoms with Crippen LogP contribution in [0.25, 0.3) is 0 Å². The van der Waals surface area contributed by atoms with Gasteiger partial charge in [-0.15, -0.1) is 0 Å². The molecule has 3 aromatic rings. The highest BCUT2D eigenvalue weighted by Gasteiger charge is 2.25. The lowest BCUT2D eigenvalue weighted by Gasteiger charge is -2.28. The van der Waals surface area contributed by atoms with Crippen molar-refractivity contribution in [2.45, 2.75) is 13.2 Å². The second-order valence-electron chi connectivity index (χ2n) is 6.45. The molecule has 0 fully saturated rings. The number of urea groups is 1. The van der Waals surface area contributed by atoms with Crippen LogP contribution in [0.15, 0.2) is 83.5 Å². The Balaban J connectivity index is 1.52. The molecule has 0 atom stereocenters. The molecule has 0 spiro atoms. The van der Waals surface area contributed by atoms with Gasteiger partial charge in [-0.1, -0.05) is 35.4 Å². The highest BCUT2D eigenvalue weighted by atomic mass is 16.5. The fourth-order valence-electron chi connectivity index (χ4n) is 2.78. The van der Waals surface area contributed by atoms with Gasteiger partial charge in [-0.25, -0.2) is 9.78 Å². The van der Waals surface area contributed by atoms with E-state index < -0.39 is 6.03 Å². The fraction of sp³-hybridized carbons (Fsp3) is 0.150. The minimum Gasteiger partial charge on any atom is -0.481 e. The molecule has 11 heteroatoms. The number of nitrogens with one attached hydrogen (secondary N) is 2. The summed E-state index contributed by atoms with van der Waals surface area (Å²) in [5.74, 6) is 0.646. The number of ether oxygens (including phenoxy) is 2. The van der Waals surface area contributed by atoms with Crippen LogP contribution in [-0.4, -0.2) is 33.3 Å². The van der Waals surface area contributed by atoms with E-state index in [1.54, 1.807) is 30.7 Å². The third-order valence-electron chi connectivity index (χ3n) is 4.34. The number of aromatic amines is 1. The molecule has 11 nitrogen and oxygen atoms in total. The molecule has 0 saturated heterocycles. The molecular formula is C20H20N8O3. The van der Waals surface area contributed by atoms with Crippen LogP contribution < -0.4 is 15.2 Å². The molecular weight excluding hydrogens is 400 g/mol. The first-order chi connectivity index (χ1) is 15.2. The number of anilines is 1. The van der Waals surface area contributed by atoms with Crippen molar-refractivity contribution >= 4 is 11.7 Å². The number of benzene rings is 1. The number of methoxy groups -OCH3 is 1. The van der Waals surface area contributed by atoms with E-state index in [1.165, 1.54) is 23.2 Å². The number of nitrogens with zero attached hydrogens (tertiary/aromatic N) is 6. The minimum absolute atomic E-state index is 0.201. The van der Waals surface area contributed by atoms with E-state index in [0.29, 0.717) is 18.2 Å². The zero-order chi connectivity index (χ0) is 21.5. The second kappa shape index (κ2) is 9.39. The molecule has 0 saturated carbocycles. The average molecular weight is 420 g/mol. The van der Waals surface area contributed by atoms with Crippen molar-refractivity contribution in [2.24, 2.45) is 10.3 Å². The first-order valence-corrected chi connectivity index (χ1v) is 9.36. The largest absolute Gasteiger partial charge is 0.481 e. The summed E-state index contributed by atoms with van der Waals surface area (Å²) in [5.41, 5.74) is 4.93. The van der Waals surface area contributed by atoms with Crippen molar-refractivity contribution < 1.29 is 14.3 Å². The second-order valence-corrected chi connectivity index (χ2v) is 6.45. The standard InChI is InChI=1S/C20H20N8O3/c1-30-18-8-7-17(11-21-18)27(12-16-9-22-23-10-16)20(29)28-13-19(24-25-26-28)31-14-15-5-3-2-4-6-15/h2-11,13H,12,14H2,1H3,(H,22,23)(H,24,26). The van der Waals surface area contributed by atoms with E-state index in [1.807, 2.05) is 30.3 Å². The predicted octanol–water partition coefficient (Wildman–Crippen LogP) is 3.14. The number of hydrogen-bond donors (Lipinski definition) is 2. The quantitative estimate of drug-likeness (QED) is 0.606. The van der Waals surface area contributed by atoms with Crippen molar-refractivity contribution in [2.75, 3.05) is 12.0 Å². The van der Waals surface area contributed by atoms with Crippen LogP contribution in [0, 0.1) is 0 Å². The summed E-state index contributed by atoms with van der Waals surface area (Å²) in [6.45, 7) is 0.557. The molecule has 4 rings (SSSR count). The van der Waals surface area contributed by atoms with Crippen molar-refractivity contribution in [3.8, 4) is 5.88 Å². The molecule has 158 valence electrons. The third kappa shape index (κ3) is 4.96. The number of H-pyrrole nitrogens is 1. The van der Waals surface area contributed by atoms with Gasteiger partial charge in [0.15, 0.2) is 0 Å². The van der Waals surface area contributed by atoms with E-state index in [-0.39, 0.29) is 12.4 Å². The number of amides is 2. The lowest BCUT2D eigenvalue weighted by molar-refractivity contribution is 0.157. The molecule has 31 heavy (non-hydrogen) atoms. The number of hydrogen-bond acceptors (Lipinski definition) is 8. The number of pyridine rings is 1. The van der Waals surface area contributed by atoms with Gasteiger partial charge in [0.2, 0.25) is 5.88 Å². The molecule has 1 aliphatic rings. The number of carbonyl (C=O) groups excluding carboxylic acids is 1. The number of carbonyl (C=O) groups is 1. The van der Waals surface area contributed by atoms with E-state index in [9.17, 15) is 4.79 Å². The van der Waals surface area contributed by atoms with Crippen LogP contribution in [0.2, 0.25) is 0 Å². The maximum atomic E-state index is 13.3. The van der Waals surface area contributed by atoms with E-state index >= 15 is 0 Å². The highest BCUT2D eigenvalue weighted by molar-refractivity contribution is 5.92. The molecule has 3 heterocycles. The summed E-state index contributed by atoms with van der Waals surface area (Å²) in [5, 5.41) is 15.6. The summed E-state index contributed by atoms with van der Waals surface area (Å²) in [4.78, 5) is 19.0. The molecule has 1 aliphatic heterocycles. The lowest BCUT2D eigenvalue weighted by atomic mass is 10.2. The Labute approximate surface area is 178 Å². The maximum absolute atomic E-state index is 13.3. The Bertz CT molecular complexity index is 1050. The van der Waals surface area contributed by atoms with E-state index in [4.69, 9.17) is 9.47 Å². The van der Waals surface area contributed by atoms with E-state index in [0.717, 1.165) is 11.1 Å². The first kappa shape index (κ1) is 19.9. The number of aromatic nitrogens is 3. The molecule has 0 aliphatic carbocycles. The molecule has 2 aromatic heterocycles. The van der Waals surface area contributed by atoms with Crippen molar-refractivity contribution in [3.05, 3.63) is 84.3 Å². The number of hydrazine groups is 1. The first-order valence-electron chi connectivity index (χ1n) is 9.36. The number of rotatable bonds is 7. The summed E-state index contributed by atoms with van der Waals surface area (Å²) in [7, 11) is 1.53. The van der Waals surface area contributed by atoms with Gasteiger partial charge in [-0.2, -0.15) is 15.6 Å². The predicted molar refractivity (Wildman–Crippen MR) is 110 cm³/mol. The zero-order valence-electron chi connectivity index (χ0n) is 16.7. The summed E-state index contributed by atoms with van der Waals surface area (Å²) in [6.07, 6.45) is 6.35. The van der Waals surface area contributed by atoms with Crippen LogP contribution in [0.3, 0.4) is 0 Å². The van der Waals surface area contributed by atoms with Crippen LogP contribution in [0.4, 0.5) is 10.5 Å². The van der Waals surface area contributed by atoms with Crippen molar-refractivity contribution in [3.63, 3.8) is 0 Å². The van der Waals surface area contributed by atoms with Crippen molar-refractivity contribution in [1.82, 2.24) is 25.7 Å². The zero-order valence-corrected chi connectivity index (χ0v) is 16.7. The SMILES string of the molecule is COc1ccc(N(Cc2cn[nH]c2)C(=O)N2C=C(OCc3ccccc3)N=NN2)cn1. The Morgan fingerprint density at radius 2 is 2.00 bits per heavy atom. The van der Waals surface area contributed by atoms with Gasteiger partial charge >= 0.3 is 6.03 Å². The molecule has 2 N–H and O–H groups in total. The summed E-state index contributed by atoms with van der Waals surface area (Å²) < 4.78 is 10.8. The normalized spacial score (nSPS) is 12.7. The maximum Gasteiger partial charge on any atom is 0.349 e. The lowest BCUT2D eigenvalue weighted by Crippen LogP contribution is -2.46. The van der Waals surface area contributed by atoms with Crippen LogP contribution >= 0.6 is 0 Å². The van der Waals surface area contributed by atoms with Crippen molar-refractivity contribution in [1.29, 1.82) is 0 Å². The molecule has 0 radical (unpaired) electrons. The average Bonchev–Trinajstić information content (AvgIpc) is 3.35. The van der Waals surface area contributed by atoms with Gasteiger partial charge < -0.3 is 9.47 Å². The molecule has 2 amide bonds. The van der Waals surface area contributed by atoms with E-state index in [2.05, 4.69) is 31.1 Å². The van der Waals surface area contributed by atoms with Gasteiger partial charge in [0.1, 0.15) is 6.61 Å². The minimum atomic E-state index is -0.410. The third-order valence-corrected chi connectivity index (χ3v) is 4.34. The highest BCUT2D eigenvalue weighted by Crippen LogP contribution is 2.21. The fourth-order valence-corrected chi connectivity index (χ4v) is 2.78. The molecule has 0 bridgehead atoms. The Morgan fingerprint density at radius 1 is 1.13 bits per heavy atom. The van der Waals surface area contributed by atoms with Gasteiger partial charge in [0.05, 0.1) is 37.9 Å².